The number of rotatable bonds is 3. The van der Waals surface area contributed by atoms with Gasteiger partial charge in [-0.15, -0.1) is 0 Å². The number of hydrogen-bond acceptors (Lipinski definition) is 2. The van der Waals surface area contributed by atoms with E-state index in [1.807, 2.05) is 6.92 Å². The fourth-order valence-electron chi connectivity index (χ4n) is 1.63. The van der Waals surface area contributed by atoms with Gasteiger partial charge in [-0.3, -0.25) is 0 Å². The van der Waals surface area contributed by atoms with Gasteiger partial charge in [0.15, 0.2) is 17.4 Å². The maximum absolute atomic E-state index is 13.7. The zero-order valence-corrected chi connectivity index (χ0v) is 11.8. The molecule has 0 spiro atoms. The molecule has 2 aromatic carbocycles. The molecule has 0 saturated heterocycles. The van der Waals surface area contributed by atoms with Crippen LogP contribution in [0.1, 0.15) is 11.1 Å². The molecule has 2 rings (SSSR count). The Morgan fingerprint density at radius 1 is 1.16 bits per heavy atom. The molecule has 0 unspecified atom stereocenters. The highest BCUT2D eigenvalue weighted by atomic mass is 79.9. The molecule has 0 aliphatic heterocycles. The van der Waals surface area contributed by atoms with Crippen molar-refractivity contribution in [1.82, 2.24) is 0 Å². The summed E-state index contributed by atoms with van der Waals surface area (Å²) in [5.74, 6) is -1.57. The summed E-state index contributed by atoms with van der Waals surface area (Å²) in [6.45, 7) is 1.94. The van der Waals surface area contributed by atoms with Crippen molar-refractivity contribution >= 4 is 15.9 Å². The first kappa shape index (κ1) is 14.0. The van der Waals surface area contributed by atoms with Crippen molar-refractivity contribution in [2.45, 2.75) is 13.5 Å². The Morgan fingerprint density at radius 3 is 2.32 bits per heavy atom. The predicted molar refractivity (Wildman–Crippen MR) is 73.2 cm³/mol. The van der Waals surface area contributed by atoms with E-state index in [1.165, 1.54) is 12.1 Å². The molecule has 0 amide bonds. The molecule has 0 atom stereocenters. The van der Waals surface area contributed by atoms with Gasteiger partial charge < -0.3 is 10.5 Å². The van der Waals surface area contributed by atoms with Crippen LogP contribution < -0.4 is 10.5 Å². The van der Waals surface area contributed by atoms with Crippen LogP contribution in [-0.2, 0) is 6.54 Å². The minimum atomic E-state index is -0.763. The van der Waals surface area contributed by atoms with Crippen LogP contribution in [-0.4, -0.2) is 0 Å². The molecule has 0 heterocycles. The summed E-state index contributed by atoms with van der Waals surface area (Å²) < 4.78 is 33.6. The normalized spacial score (nSPS) is 10.6. The van der Waals surface area contributed by atoms with Gasteiger partial charge in [0.2, 0.25) is 0 Å². The van der Waals surface area contributed by atoms with Crippen molar-refractivity contribution in [3.8, 4) is 11.5 Å². The minimum Gasteiger partial charge on any atom is -0.451 e. The summed E-state index contributed by atoms with van der Waals surface area (Å²) in [5, 5.41) is 0. The standard InChI is InChI=1S/C14H12BrF2NO/c1-8-4-10(2-3-11(8)15)19-14-12(16)5-9(7-18)6-13(14)17/h2-6H,7,18H2,1H3. The van der Waals surface area contributed by atoms with Crippen LogP contribution >= 0.6 is 15.9 Å². The lowest BCUT2D eigenvalue weighted by Crippen LogP contribution is -2.00. The third-order valence-corrected chi connectivity index (χ3v) is 3.53. The Balaban J connectivity index is 2.35. The lowest BCUT2D eigenvalue weighted by molar-refractivity contribution is 0.406. The third kappa shape index (κ3) is 3.11. The lowest BCUT2D eigenvalue weighted by atomic mass is 10.2. The van der Waals surface area contributed by atoms with Crippen molar-refractivity contribution in [3.63, 3.8) is 0 Å². The van der Waals surface area contributed by atoms with Gasteiger partial charge in [-0.25, -0.2) is 8.78 Å². The average Bonchev–Trinajstić information content (AvgIpc) is 2.37. The first-order valence-electron chi connectivity index (χ1n) is 5.63. The second-order valence-corrected chi connectivity index (χ2v) is 4.96. The van der Waals surface area contributed by atoms with E-state index in [0.29, 0.717) is 11.3 Å². The van der Waals surface area contributed by atoms with Crippen molar-refractivity contribution < 1.29 is 13.5 Å². The molecule has 2 N–H and O–H groups in total. The molecule has 19 heavy (non-hydrogen) atoms. The fourth-order valence-corrected chi connectivity index (χ4v) is 1.87. The Labute approximate surface area is 118 Å². The molecule has 100 valence electrons. The quantitative estimate of drug-likeness (QED) is 0.912. The van der Waals surface area contributed by atoms with E-state index in [-0.39, 0.29) is 6.54 Å². The van der Waals surface area contributed by atoms with Gasteiger partial charge in [-0.2, -0.15) is 0 Å². The molecule has 0 bridgehead atoms. The third-order valence-electron chi connectivity index (χ3n) is 2.64. The molecule has 0 aliphatic rings. The van der Waals surface area contributed by atoms with E-state index in [9.17, 15) is 8.78 Å². The number of ether oxygens (including phenoxy) is 1. The van der Waals surface area contributed by atoms with Gasteiger partial charge >= 0.3 is 0 Å². The number of nitrogens with two attached hydrogens (primary N) is 1. The highest BCUT2D eigenvalue weighted by molar-refractivity contribution is 9.10. The topological polar surface area (TPSA) is 35.2 Å². The SMILES string of the molecule is Cc1cc(Oc2c(F)cc(CN)cc2F)ccc1Br. The molecular weight excluding hydrogens is 316 g/mol. The largest absolute Gasteiger partial charge is 0.451 e. The summed E-state index contributed by atoms with van der Waals surface area (Å²) in [7, 11) is 0. The van der Waals surface area contributed by atoms with E-state index in [2.05, 4.69) is 15.9 Å². The summed E-state index contributed by atoms with van der Waals surface area (Å²) in [6.07, 6.45) is 0. The highest BCUT2D eigenvalue weighted by Crippen LogP contribution is 2.30. The Morgan fingerprint density at radius 2 is 1.79 bits per heavy atom. The molecule has 2 nitrogen and oxygen atoms in total. The van der Waals surface area contributed by atoms with Gasteiger partial charge in [-0.05, 0) is 48.4 Å². The molecule has 0 aliphatic carbocycles. The maximum atomic E-state index is 13.7. The Kier molecular flexibility index (Phi) is 4.17. The monoisotopic (exact) mass is 327 g/mol. The second-order valence-electron chi connectivity index (χ2n) is 4.11. The van der Waals surface area contributed by atoms with Gasteiger partial charge in [0.1, 0.15) is 5.75 Å². The van der Waals surface area contributed by atoms with E-state index < -0.39 is 17.4 Å². The Hall–Kier alpha value is -1.46. The van der Waals surface area contributed by atoms with Gasteiger partial charge in [0.05, 0.1) is 0 Å². The zero-order chi connectivity index (χ0) is 14.0. The van der Waals surface area contributed by atoms with Crippen LogP contribution in [0.2, 0.25) is 0 Å². The number of aryl methyl sites for hydroxylation is 1. The van der Waals surface area contributed by atoms with E-state index >= 15 is 0 Å². The minimum absolute atomic E-state index is 0.0749. The summed E-state index contributed by atoms with van der Waals surface area (Å²) in [4.78, 5) is 0. The highest BCUT2D eigenvalue weighted by Gasteiger charge is 2.13. The fraction of sp³-hybridized carbons (Fsp3) is 0.143. The first-order valence-corrected chi connectivity index (χ1v) is 6.42. The summed E-state index contributed by atoms with van der Waals surface area (Å²) >= 11 is 3.34. The molecular formula is C14H12BrF2NO. The molecule has 0 saturated carbocycles. The smallest absolute Gasteiger partial charge is 0.198 e. The van der Waals surface area contributed by atoms with Crippen molar-refractivity contribution in [3.05, 3.63) is 57.6 Å². The van der Waals surface area contributed by atoms with Crippen LogP contribution in [0.5, 0.6) is 11.5 Å². The van der Waals surface area contributed by atoms with Crippen molar-refractivity contribution in [1.29, 1.82) is 0 Å². The van der Waals surface area contributed by atoms with E-state index in [4.69, 9.17) is 10.5 Å². The van der Waals surface area contributed by atoms with Crippen LogP contribution in [0.4, 0.5) is 8.78 Å². The number of halogens is 3. The second kappa shape index (κ2) is 5.67. The van der Waals surface area contributed by atoms with Gasteiger partial charge in [0, 0.05) is 11.0 Å². The lowest BCUT2D eigenvalue weighted by Gasteiger charge is -2.10. The van der Waals surface area contributed by atoms with E-state index in [1.54, 1.807) is 18.2 Å². The van der Waals surface area contributed by atoms with Crippen LogP contribution in [0.25, 0.3) is 0 Å². The van der Waals surface area contributed by atoms with Crippen LogP contribution in [0, 0.1) is 18.6 Å². The van der Waals surface area contributed by atoms with E-state index in [0.717, 1.165) is 10.0 Å². The van der Waals surface area contributed by atoms with Crippen molar-refractivity contribution in [2.75, 3.05) is 0 Å². The predicted octanol–water partition coefficient (Wildman–Crippen LogP) is 4.29. The summed E-state index contributed by atoms with van der Waals surface area (Å²) in [6, 6.07) is 7.43. The van der Waals surface area contributed by atoms with Crippen LogP contribution in [0.3, 0.4) is 0 Å². The van der Waals surface area contributed by atoms with Crippen LogP contribution in [0.15, 0.2) is 34.8 Å². The van der Waals surface area contributed by atoms with Crippen molar-refractivity contribution in [2.24, 2.45) is 5.73 Å². The van der Waals surface area contributed by atoms with Gasteiger partial charge in [0.25, 0.3) is 0 Å². The zero-order valence-electron chi connectivity index (χ0n) is 10.2. The summed E-state index contributed by atoms with van der Waals surface area (Å²) in [5.41, 5.74) is 6.64. The molecule has 5 heteroatoms. The first-order chi connectivity index (χ1) is 9.01. The molecule has 0 radical (unpaired) electrons. The average molecular weight is 328 g/mol. The molecule has 0 fully saturated rings. The maximum Gasteiger partial charge on any atom is 0.198 e. The Bertz CT molecular complexity index is 593. The molecule has 0 aromatic heterocycles. The number of benzene rings is 2. The number of hydrogen-bond donors (Lipinski definition) is 1. The molecule has 2 aromatic rings. The van der Waals surface area contributed by atoms with Gasteiger partial charge in [-0.1, -0.05) is 15.9 Å².